The van der Waals surface area contributed by atoms with Gasteiger partial charge in [-0.1, -0.05) is 19.1 Å². The number of nitrogens with two attached hydrogens (primary N) is 1. The SMILES string of the molecule is CCc1cc(CCCN)c2c(c1)C(C)(C)C(=O)N2. The number of nitrogens with one attached hydrogen (secondary N) is 1. The normalized spacial score (nSPS) is 16.6. The molecule has 0 radical (unpaired) electrons. The van der Waals surface area contributed by atoms with E-state index in [0.29, 0.717) is 6.54 Å². The molecule has 0 bridgehead atoms. The van der Waals surface area contributed by atoms with Crippen molar-refractivity contribution in [3.63, 3.8) is 0 Å². The Morgan fingerprint density at radius 2 is 2.06 bits per heavy atom. The molecule has 1 aromatic rings. The molecule has 0 fully saturated rings. The molecule has 1 heterocycles. The number of hydrogen-bond acceptors (Lipinski definition) is 2. The second-order valence-electron chi connectivity index (χ2n) is 5.50. The molecule has 0 aliphatic carbocycles. The molecule has 18 heavy (non-hydrogen) atoms. The van der Waals surface area contributed by atoms with Crippen LogP contribution in [0.5, 0.6) is 0 Å². The van der Waals surface area contributed by atoms with E-state index in [1.807, 2.05) is 13.8 Å². The minimum atomic E-state index is -0.419. The van der Waals surface area contributed by atoms with Crippen LogP contribution in [-0.4, -0.2) is 12.5 Å². The van der Waals surface area contributed by atoms with Crippen LogP contribution in [0.2, 0.25) is 0 Å². The van der Waals surface area contributed by atoms with E-state index in [1.54, 1.807) is 0 Å². The first-order valence-electron chi connectivity index (χ1n) is 6.68. The van der Waals surface area contributed by atoms with Crippen molar-refractivity contribution in [2.24, 2.45) is 5.73 Å². The molecule has 98 valence electrons. The van der Waals surface area contributed by atoms with Crippen LogP contribution >= 0.6 is 0 Å². The molecular weight excluding hydrogens is 224 g/mol. The van der Waals surface area contributed by atoms with Crippen molar-refractivity contribution < 1.29 is 4.79 Å². The highest BCUT2D eigenvalue weighted by molar-refractivity contribution is 6.06. The summed E-state index contributed by atoms with van der Waals surface area (Å²) in [6.45, 7) is 6.80. The maximum Gasteiger partial charge on any atom is 0.234 e. The van der Waals surface area contributed by atoms with Crippen LogP contribution in [0.1, 0.15) is 43.9 Å². The number of fused-ring (bicyclic) bond motifs is 1. The summed E-state index contributed by atoms with van der Waals surface area (Å²) in [6.07, 6.45) is 2.88. The summed E-state index contributed by atoms with van der Waals surface area (Å²) in [6, 6.07) is 4.37. The Labute approximate surface area is 109 Å². The van der Waals surface area contributed by atoms with Gasteiger partial charge in [0.2, 0.25) is 5.91 Å². The minimum Gasteiger partial charge on any atom is -0.330 e. The van der Waals surface area contributed by atoms with Gasteiger partial charge in [0.15, 0.2) is 0 Å². The molecule has 0 saturated carbocycles. The molecule has 0 atom stereocenters. The molecule has 0 saturated heterocycles. The average molecular weight is 246 g/mol. The van der Waals surface area contributed by atoms with Crippen molar-refractivity contribution in [2.75, 3.05) is 11.9 Å². The highest BCUT2D eigenvalue weighted by Gasteiger charge is 2.39. The van der Waals surface area contributed by atoms with E-state index in [4.69, 9.17) is 5.73 Å². The van der Waals surface area contributed by atoms with Gasteiger partial charge in [-0.25, -0.2) is 0 Å². The van der Waals surface area contributed by atoms with Gasteiger partial charge in [-0.05, 0) is 56.3 Å². The first-order chi connectivity index (χ1) is 8.50. The molecule has 1 aliphatic rings. The molecule has 0 unspecified atom stereocenters. The monoisotopic (exact) mass is 246 g/mol. The van der Waals surface area contributed by atoms with Gasteiger partial charge in [0, 0.05) is 5.69 Å². The van der Waals surface area contributed by atoms with Crippen LogP contribution < -0.4 is 11.1 Å². The fourth-order valence-corrected chi connectivity index (χ4v) is 2.49. The Hall–Kier alpha value is -1.35. The lowest BCUT2D eigenvalue weighted by Crippen LogP contribution is -2.26. The molecule has 0 aromatic heterocycles. The van der Waals surface area contributed by atoms with Crippen molar-refractivity contribution in [3.05, 3.63) is 28.8 Å². The minimum absolute atomic E-state index is 0.0970. The molecule has 0 spiro atoms. The summed E-state index contributed by atoms with van der Waals surface area (Å²) in [5.41, 5.74) is 9.86. The van der Waals surface area contributed by atoms with Crippen LogP contribution in [-0.2, 0) is 23.1 Å². The molecule has 3 N–H and O–H groups in total. The topological polar surface area (TPSA) is 55.1 Å². The maximum absolute atomic E-state index is 12.0. The zero-order valence-corrected chi connectivity index (χ0v) is 11.5. The molecule has 3 heteroatoms. The van der Waals surface area contributed by atoms with E-state index >= 15 is 0 Å². The van der Waals surface area contributed by atoms with Gasteiger partial charge in [-0.3, -0.25) is 4.79 Å². The number of carbonyl (C=O) groups excluding carboxylic acids is 1. The summed E-state index contributed by atoms with van der Waals surface area (Å²) in [5.74, 6) is 0.0970. The summed E-state index contributed by atoms with van der Waals surface area (Å²) in [5, 5.41) is 3.04. The smallest absolute Gasteiger partial charge is 0.234 e. The maximum atomic E-state index is 12.0. The molecule has 2 rings (SSSR count). The zero-order valence-electron chi connectivity index (χ0n) is 11.5. The highest BCUT2D eigenvalue weighted by atomic mass is 16.2. The predicted molar refractivity (Wildman–Crippen MR) is 74.9 cm³/mol. The van der Waals surface area contributed by atoms with E-state index in [0.717, 1.165) is 30.5 Å². The van der Waals surface area contributed by atoms with E-state index < -0.39 is 5.41 Å². The van der Waals surface area contributed by atoms with Gasteiger partial charge in [0.1, 0.15) is 0 Å². The second-order valence-corrected chi connectivity index (χ2v) is 5.50. The highest BCUT2D eigenvalue weighted by Crippen LogP contribution is 2.40. The molecular formula is C15H22N2O. The molecule has 3 nitrogen and oxygen atoms in total. The van der Waals surface area contributed by atoms with Crippen molar-refractivity contribution in [1.29, 1.82) is 0 Å². The van der Waals surface area contributed by atoms with Crippen LogP contribution in [0, 0.1) is 0 Å². The number of amides is 1. The Bertz CT molecular complexity index is 478. The van der Waals surface area contributed by atoms with Crippen LogP contribution in [0.15, 0.2) is 12.1 Å². The summed E-state index contributed by atoms with van der Waals surface area (Å²) in [4.78, 5) is 12.0. The lowest BCUT2D eigenvalue weighted by atomic mass is 9.83. The molecule has 1 aromatic carbocycles. The molecule has 1 aliphatic heterocycles. The van der Waals surface area contributed by atoms with Crippen LogP contribution in [0.3, 0.4) is 0 Å². The van der Waals surface area contributed by atoms with Gasteiger partial charge in [-0.2, -0.15) is 0 Å². The molecule has 1 amide bonds. The lowest BCUT2D eigenvalue weighted by Gasteiger charge is -2.17. The van der Waals surface area contributed by atoms with E-state index in [9.17, 15) is 4.79 Å². The summed E-state index contributed by atoms with van der Waals surface area (Å²) in [7, 11) is 0. The first kappa shape index (κ1) is 13.1. The Balaban J connectivity index is 2.50. The summed E-state index contributed by atoms with van der Waals surface area (Å²) >= 11 is 0. The van der Waals surface area contributed by atoms with Crippen LogP contribution in [0.25, 0.3) is 0 Å². The van der Waals surface area contributed by atoms with Crippen molar-refractivity contribution >= 4 is 11.6 Å². The number of carbonyl (C=O) groups is 1. The van der Waals surface area contributed by atoms with E-state index in [-0.39, 0.29) is 5.91 Å². The first-order valence-corrected chi connectivity index (χ1v) is 6.68. The quantitative estimate of drug-likeness (QED) is 0.857. The number of hydrogen-bond donors (Lipinski definition) is 2. The van der Waals surface area contributed by atoms with Crippen LogP contribution in [0.4, 0.5) is 5.69 Å². The number of benzene rings is 1. The summed E-state index contributed by atoms with van der Waals surface area (Å²) < 4.78 is 0. The van der Waals surface area contributed by atoms with Gasteiger partial charge < -0.3 is 11.1 Å². The van der Waals surface area contributed by atoms with E-state index in [2.05, 4.69) is 24.4 Å². The average Bonchev–Trinajstić information content (AvgIpc) is 2.58. The van der Waals surface area contributed by atoms with Crippen molar-refractivity contribution in [1.82, 2.24) is 0 Å². The number of aryl methyl sites for hydroxylation is 2. The van der Waals surface area contributed by atoms with E-state index in [1.165, 1.54) is 11.1 Å². The third-order valence-electron chi connectivity index (χ3n) is 3.82. The predicted octanol–water partition coefficient (Wildman–Crippen LogP) is 2.37. The Kier molecular flexibility index (Phi) is 3.44. The van der Waals surface area contributed by atoms with Crippen molar-refractivity contribution in [2.45, 2.75) is 45.4 Å². The largest absolute Gasteiger partial charge is 0.330 e. The second kappa shape index (κ2) is 4.73. The third-order valence-corrected chi connectivity index (χ3v) is 3.82. The fraction of sp³-hybridized carbons (Fsp3) is 0.533. The Morgan fingerprint density at radius 1 is 1.33 bits per heavy atom. The van der Waals surface area contributed by atoms with Gasteiger partial charge in [-0.15, -0.1) is 0 Å². The fourth-order valence-electron chi connectivity index (χ4n) is 2.49. The number of rotatable bonds is 4. The lowest BCUT2D eigenvalue weighted by molar-refractivity contribution is -0.119. The zero-order chi connectivity index (χ0) is 13.3. The Morgan fingerprint density at radius 3 is 2.67 bits per heavy atom. The number of anilines is 1. The van der Waals surface area contributed by atoms with Gasteiger partial charge in [0.25, 0.3) is 0 Å². The van der Waals surface area contributed by atoms with Crippen molar-refractivity contribution in [3.8, 4) is 0 Å². The van der Waals surface area contributed by atoms with Gasteiger partial charge >= 0.3 is 0 Å². The standard InChI is InChI=1S/C15H22N2O/c1-4-10-8-11(6-5-7-16)13-12(9-10)15(2,3)14(18)17-13/h8-9H,4-7,16H2,1-3H3,(H,17,18). The third kappa shape index (κ3) is 2.03. The van der Waals surface area contributed by atoms with Gasteiger partial charge in [0.05, 0.1) is 5.41 Å².